The van der Waals surface area contributed by atoms with Gasteiger partial charge in [-0.2, -0.15) is 0 Å². The number of nitrogens with zero attached hydrogens (tertiary/aromatic N) is 1. The molecule has 138 valence electrons. The third-order valence-corrected chi connectivity index (χ3v) is 5.38. The van der Waals surface area contributed by atoms with Crippen LogP contribution in [0.15, 0.2) is 50.9 Å². The van der Waals surface area contributed by atoms with Gasteiger partial charge in [0.15, 0.2) is 0 Å². The third-order valence-electron chi connectivity index (χ3n) is 3.99. The van der Waals surface area contributed by atoms with E-state index in [4.69, 9.17) is 4.74 Å². The van der Waals surface area contributed by atoms with Gasteiger partial charge in [0.1, 0.15) is 11.3 Å². The lowest BCUT2D eigenvalue weighted by Gasteiger charge is -2.26. The van der Waals surface area contributed by atoms with E-state index in [2.05, 4.69) is 37.2 Å². The molecule has 8 heteroatoms. The Labute approximate surface area is 172 Å². The number of rotatable bonds is 3. The molecule has 0 bridgehead atoms. The first-order chi connectivity index (χ1) is 12.8. The molecule has 1 aliphatic rings. The van der Waals surface area contributed by atoms with Gasteiger partial charge in [0.25, 0.3) is 11.8 Å². The topological polar surface area (TPSA) is 75.7 Å². The lowest BCUT2D eigenvalue weighted by Crippen LogP contribution is -2.54. The minimum atomic E-state index is -0.787. The highest BCUT2D eigenvalue weighted by Gasteiger charge is 2.37. The zero-order valence-corrected chi connectivity index (χ0v) is 17.5. The molecule has 0 aromatic heterocycles. The maximum atomic E-state index is 12.9. The Balaban J connectivity index is 2.07. The third kappa shape index (κ3) is 3.81. The van der Waals surface area contributed by atoms with Gasteiger partial charge in [-0.3, -0.25) is 14.9 Å². The second-order valence-electron chi connectivity index (χ2n) is 5.78. The largest absolute Gasteiger partial charge is 0.496 e. The average molecular weight is 494 g/mol. The quantitative estimate of drug-likeness (QED) is 0.513. The van der Waals surface area contributed by atoms with Gasteiger partial charge < -0.3 is 4.74 Å². The molecular weight excluding hydrogens is 480 g/mol. The molecular formula is C19H14Br2N2O4. The van der Waals surface area contributed by atoms with Crippen molar-refractivity contribution < 1.29 is 19.1 Å². The van der Waals surface area contributed by atoms with Crippen LogP contribution in [0.3, 0.4) is 0 Å². The Bertz CT molecular complexity index is 1000. The van der Waals surface area contributed by atoms with Crippen molar-refractivity contribution in [1.29, 1.82) is 0 Å². The van der Waals surface area contributed by atoms with Crippen LogP contribution < -0.4 is 15.0 Å². The van der Waals surface area contributed by atoms with E-state index < -0.39 is 17.8 Å². The van der Waals surface area contributed by atoms with Crippen LogP contribution in [0.2, 0.25) is 0 Å². The number of imide groups is 2. The number of carbonyl (C=O) groups is 3. The number of carbonyl (C=O) groups excluding carboxylic acids is 3. The zero-order valence-electron chi connectivity index (χ0n) is 14.4. The monoisotopic (exact) mass is 492 g/mol. The van der Waals surface area contributed by atoms with Gasteiger partial charge in [0.2, 0.25) is 0 Å². The van der Waals surface area contributed by atoms with Crippen molar-refractivity contribution in [2.24, 2.45) is 0 Å². The van der Waals surface area contributed by atoms with E-state index in [0.29, 0.717) is 17.0 Å². The number of hydrogen-bond acceptors (Lipinski definition) is 4. The van der Waals surface area contributed by atoms with E-state index >= 15 is 0 Å². The second-order valence-corrected chi connectivity index (χ2v) is 7.55. The minimum Gasteiger partial charge on any atom is -0.496 e. The number of aryl methyl sites for hydroxylation is 1. The van der Waals surface area contributed by atoms with Crippen LogP contribution in [0.1, 0.15) is 11.1 Å². The molecule has 2 aromatic carbocycles. The highest BCUT2D eigenvalue weighted by molar-refractivity contribution is 9.10. The summed E-state index contributed by atoms with van der Waals surface area (Å²) in [5, 5.41) is 2.21. The molecule has 4 amide bonds. The molecule has 2 aromatic rings. The minimum absolute atomic E-state index is 0.161. The van der Waals surface area contributed by atoms with Gasteiger partial charge >= 0.3 is 6.03 Å². The van der Waals surface area contributed by atoms with Crippen LogP contribution in [0.4, 0.5) is 10.5 Å². The molecule has 6 nitrogen and oxygen atoms in total. The van der Waals surface area contributed by atoms with E-state index in [-0.39, 0.29) is 5.57 Å². The van der Waals surface area contributed by atoms with Crippen molar-refractivity contribution in [2.45, 2.75) is 6.92 Å². The van der Waals surface area contributed by atoms with Crippen molar-refractivity contribution in [3.8, 4) is 5.75 Å². The standard InChI is InChI=1S/C19H14Br2N2O4/c1-10-7-13(4-5-15(10)21)23-18(25)14(17(24)22-19(23)26)9-11-8-12(20)3-6-16(11)27-2/h3-9H,1-2H3,(H,22,24,26)/b14-9+. The van der Waals surface area contributed by atoms with Crippen molar-refractivity contribution in [2.75, 3.05) is 12.0 Å². The SMILES string of the molecule is COc1ccc(Br)cc1/C=C1\C(=O)NC(=O)N(c2ccc(Br)c(C)c2)C1=O. The van der Waals surface area contributed by atoms with Gasteiger partial charge in [-0.15, -0.1) is 0 Å². The number of ether oxygens (including phenoxy) is 1. The first kappa shape index (κ1) is 19.3. The van der Waals surface area contributed by atoms with Crippen LogP contribution >= 0.6 is 31.9 Å². The fourth-order valence-electron chi connectivity index (χ4n) is 2.63. The number of barbiturate groups is 1. The van der Waals surface area contributed by atoms with Crippen molar-refractivity contribution >= 4 is 61.5 Å². The first-order valence-electron chi connectivity index (χ1n) is 7.83. The van der Waals surface area contributed by atoms with E-state index in [1.165, 1.54) is 13.2 Å². The van der Waals surface area contributed by atoms with Crippen LogP contribution in [0, 0.1) is 6.92 Å². The highest BCUT2D eigenvalue weighted by atomic mass is 79.9. The number of hydrogen-bond donors (Lipinski definition) is 1. The number of nitrogens with one attached hydrogen (secondary N) is 1. The number of benzene rings is 2. The maximum absolute atomic E-state index is 12.9. The molecule has 27 heavy (non-hydrogen) atoms. The van der Waals surface area contributed by atoms with Crippen molar-refractivity contribution in [3.63, 3.8) is 0 Å². The zero-order chi connectivity index (χ0) is 19.7. The Morgan fingerprint density at radius 2 is 1.81 bits per heavy atom. The fraction of sp³-hybridized carbons (Fsp3) is 0.105. The molecule has 0 unspecified atom stereocenters. The Hall–Kier alpha value is -2.45. The molecule has 0 spiro atoms. The summed E-state index contributed by atoms with van der Waals surface area (Å²) in [6.45, 7) is 1.84. The molecule has 0 radical (unpaired) electrons. The Morgan fingerprint density at radius 1 is 1.07 bits per heavy atom. The molecule has 1 fully saturated rings. The second kappa shape index (κ2) is 7.66. The average Bonchev–Trinajstić information content (AvgIpc) is 2.61. The molecule has 0 aliphatic carbocycles. The summed E-state index contributed by atoms with van der Waals surface area (Å²) in [6, 6.07) is 9.48. The number of halogens is 2. The predicted molar refractivity (Wildman–Crippen MR) is 109 cm³/mol. The molecule has 1 saturated heterocycles. The first-order valence-corrected chi connectivity index (χ1v) is 9.41. The van der Waals surface area contributed by atoms with Gasteiger partial charge in [-0.25, -0.2) is 9.69 Å². The van der Waals surface area contributed by atoms with Gasteiger partial charge in [-0.05, 0) is 55.0 Å². The summed E-state index contributed by atoms with van der Waals surface area (Å²) in [6.07, 6.45) is 1.41. The van der Waals surface area contributed by atoms with Crippen molar-refractivity contribution in [3.05, 3.63) is 62.0 Å². The van der Waals surface area contributed by atoms with Gasteiger partial charge in [-0.1, -0.05) is 31.9 Å². The van der Waals surface area contributed by atoms with Crippen LogP contribution in [-0.4, -0.2) is 25.0 Å². The van der Waals surface area contributed by atoms with Crippen LogP contribution in [0.25, 0.3) is 6.08 Å². The molecule has 1 N–H and O–H groups in total. The lowest BCUT2D eigenvalue weighted by atomic mass is 10.1. The number of anilines is 1. The highest BCUT2D eigenvalue weighted by Crippen LogP contribution is 2.29. The summed E-state index contributed by atoms with van der Waals surface area (Å²) in [5.74, 6) is -0.959. The lowest BCUT2D eigenvalue weighted by molar-refractivity contribution is -0.122. The van der Waals surface area contributed by atoms with E-state index in [0.717, 1.165) is 19.4 Å². The number of urea groups is 1. The number of methoxy groups -OCH3 is 1. The molecule has 1 heterocycles. The maximum Gasteiger partial charge on any atom is 0.335 e. The molecule has 0 atom stereocenters. The van der Waals surface area contributed by atoms with E-state index in [1.807, 2.05) is 6.92 Å². The summed E-state index contributed by atoms with van der Waals surface area (Å²) >= 11 is 6.74. The Morgan fingerprint density at radius 3 is 2.48 bits per heavy atom. The van der Waals surface area contributed by atoms with E-state index in [1.54, 1.807) is 36.4 Å². The molecule has 0 saturated carbocycles. The smallest absolute Gasteiger partial charge is 0.335 e. The van der Waals surface area contributed by atoms with Crippen LogP contribution in [-0.2, 0) is 9.59 Å². The molecule has 1 aliphatic heterocycles. The summed E-state index contributed by atoms with van der Waals surface area (Å²) in [7, 11) is 1.49. The summed E-state index contributed by atoms with van der Waals surface area (Å²) in [5.41, 5.74) is 1.60. The summed E-state index contributed by atoms with van der Waals surface area (Å²) in [4.78, 5) is 38.5. The van der Waals surface area contributed by atoms with Gasteiger partial charge in [0.05, 0.1) is 12.8 Å². The summed E-state index contributed by atoms with van der Waals surface area (Å²) < 4.78 is 6.89. The molecule has 3 rings (SSSR count). The van der Waals surface area contributed by atoms with Crippen LogP contribution in [0.5, 0.6) is 5.75 Å². The van der Waals surface area contributed by atoms with Crippen molar-refractivity contribution in [1.82, 2.24) is 5.32 Å². The van der Waals surface area contributed by atoms with Gasteiger partial charge in [0, 0.05) is 14.5 Å². The number of amides is 4. The van der Waals surface area contributed by atoms with E-state index in [9.17, 15) is 14.4 Å². The normalized spacial score (nSPS) is 15.9. The predicted octanol–water partition coefficient (Wildman–Crippen LogP) is 4.20. The fourth-order valence-corrected chi connectivity index (χ4v) is 3.26. The Kier molecular flexibility index (Phi) is 5.48.